The Bertz CT molecular complexity index is 1040. The first kappa shape index (κ1) is 22.2. The number of aryl methyl sites for hydroxylation is 2. The molecule has 2 fully saturated rings. The van der Waals surface area contributed by atoms with Gasteiger partial charge in [-0.15, -0.1) is 5.10 Å². The number of benzene rings is 1. The molecule has 6 rings (SSSR count). The van der Waals surface area contributed by atoms with Gasteiger partial charge >= 0.3 is 0 Å². The average Bonchev–Trinajstić information content (AvgIpc) is 3.44. The van der Waals surface area contributed by atoms with Gasteiger partial charge in [0.2, 0.25) is 5.91 Å². The molecule has 1 aromatic carbocycles. The topological polar surface area (TPSA) is 80.6 Å². The van der Waals surface area contributed by atoms with Crippen molar-refractivity contribution < 1.29 is 14.3 Å². The second-order valence-corrected chi connectivity index (χ2v) is 9.98. The zero-order valence-corrected chi connectivity index (χ0v) is 19.6. The number of piperidine rings is 1. The Morgan fingerprint density at radius 3 is 2.73 bits per heavy atom. The first-order valence-corrected chi connectivity index (χ1v) is 12.3. The highest BCUT2D eigenvalue weighted by molar-refractivity contribution is 6.32. The van der Waals surface area contributed by atoms with Gasteiger partial charge in [-0.3, -0.25) is 14.3 Å². The lowest BCUT2D eigenvalue weighted by Gasteiger charge is -2.40. The summed E-state index contributed by atoms with van der Waals surface area (Å²) in [6.07, 6.45) is 7.68. The van der Waals surface area contributed by atoms with Gasteiger partial charge in [-0.25, -0.2) is 0 Å². The van der Waals surface area contributed by atoms with Gasteiger partial charge in [0.05, 0.1) is 17.3 Å². The lowest BCUT2D eigenvalue weighted by atomic mass is 9.79. The molecule has 0 N–H and O–H groups in total. The molecule has 0 radical (unpaired) electrons. The van der Waals surface area contributed by atoms with Crippen LogP contribution in [0, 0.1) is 5.41 Å². The Labute approximate surface area is 198 Å². The summed E-state index contributed by atoms with van der Waals surface area (Å²) < 4.78 is 7.65. The SMILES string of the molecule is O=C1CCCc2cn(nn2)CCCOc2ccc(cc2Cl)C(=O)N2CCCC3(CCN1C3)C2. The standard InChI is InChI=1S/C24H30ClN5O3/c25-20-14-18-6-7-21(20)33-13-3-11-30-15-19(26-27-30)4-1-5-22(31)28-12-9-24(16-28)8-2-10-29(17-24)23(18)32/h6-7,14-15H,1-5,8-13,16-17H2. The number of nitrogens with zero attached hydrogens (tertiary/aromatic N) is 5. The summed E-state index contributed by atoms with van der Waals surface area (Å²) in [5, 5.41) is 8.87. The highest BCUT2D eigenvalue weighted by atomic mass is 35.5. The maximum absolute atomic E-state index is 13.3. The van der Waals surface area contributed by atoms with Gasteiger partial charge in [-0.1, -0.05) is 16.8 Å². The summed E-state index contributed by atoms with van der Waals surface area (Å²) in [7, 11) is 0. The van der Waals surface area contributed by atoms with Crippen LogP contribution in [-0.4, -0.2) is 69.4 Å². The van der Waals surface area contributed by atoms with Gasteiger partial charge in [-0.2, -0.15) is 0 Å². The van der Waals surface area contributed by atoms with E-state index in [0.29, 0.717) is 42.5 Å². The smallest absolute Gasteiger partial charge is 0.253 e. The zero-order chi connectivity index (χ0) is 22.8. The molecule has 1 atom stereocenters. The zero-order valence-electron chi connectivity index (χ0n) is 18.8. The summed E-state index contributed by atoms with van der Waals surface area (Å²) in [5.74, 6) is 0.784. The molecule has 2 amide bonds. The van der Waals surface area contributed by atoms with E-state index in [-0.39, 0.29) is 17.2 Å². The number of halogens is 1. The molecule has 0 aliphatic carbocycles. The minimum absolute atomic E-state index is 0.0000538. The molecule has 4 aliphatic heterocycles. The van der Waals surface area contributed by atoms with Crippen LogP contribution in [0.5, 0.6) is 5.75 Å². The van der Waals surface area contributed by atoms with Gasteiger partial charge in [0.1, 0.15) is 5.75 Å². The molecule has 0 saturated carbocycles. The lowest BCUT2D eigenvalue weighted by molar-refractivity contribution is -0.130. The van der Waals surface area contributed by atoms with Crippen molar-refractivity contribution in [3.05, 3.63) is 40.7 Å². The van der Waals surface area contributed by atoms with Gasteiger partial charge in [0, 0.05) is 62.7 Å². The van der Waals surface area contributed by atoms with Crippen molar-refractivity contribution in [2.24, 2.45) is 5.41 Å². The molecule has 5 heterocycles. The van der Waals surface area contributed by atoms with Crippen molar-refractivity contribution >= 4 is 23.4 Å². The molecule has 2 saturated heterocycles. The van der Waals surface area contributed by atoms with Crippen molar-refractivity contribution in [2.45, 2.75) is 51.5 Å². The van der Waals surface area contributed by atoms with E-state index < -0.39 is 0 Å². The molecule has 4 aliphatic rings. The van der Waals surface area contributed by atoms with E-state index in [1.807, 2.05) is 20.7 Å². The number of ether oxygens (including phenoxy) is 1. The van der Waals surface area contributed by atoms with Crippen LogP contribution < -0.4 is 4.74 Å². The number of hydrogen-bond acceptors (Lipinski definition) is 5. The van der Waals surface area contributed by atoms with Crippen molar-refractivity contribution in [1.82, 2.24) is 24.8 Å². The second kappa shape index (κ2) is 9.33. The first-order valence-electron chi connectivity index (χ1n) is 11.9. The fourth-order valence-electron chi connectivity index (χ4n) is 5.35. The van der Waals surface area contributed by atoms with Crippen LogP contribution in [0.1, 0.15) is 54.6 Å². The van der Waals surface area contributed by atoms with Crippen LogP contribution >= 0.6 is 11.6 Å². The Morgan fingerprint density at radius 2 is 1.85 bits per heavy atom. The van der Waals surface area contributed by atoms with E-state index in [9.17, 15) is 9.59 Å². The molecule has 33 heavy (non-hydrogen) atoms. The van der Waals surface area contributed by atoms with Crippen molar-refractivity contribution in [2.75, 3.05) is 32.8 Å². The van der Waals surface area contributed by atoms with Gasteiger partial charge in [-0.05, 0) is 50.3 Å². The maximum atomic E-state index is 13.3. The summed E-state index contributed by atoms with van der Waals surface area (Å²) >= 11 is 6.44. The number of fused-ring (bicyclic) bond motifs is 8. The minimum atomic E-state index is -0.00212. The van der Waals surface area contributed by atoms with Crippen LogP contribution in [0.2, 0.25) is 5.02 Å². The molecule has 1 unspecified atom stereocenters. The van der Waals surface area contributed by atoms with Crippen molar-refractivity contribution in [3.8, 4) is 5.75 Å². The van der Waals surface area contributed by atoms with Gasteiger partial charge in [0.15, 0.2) is 0 Å². The van der Waals surface area contributed by atoms with Crippen LogP contribution in [0.15, 0.2) is 24.4 Å². The molecule has 8 nitrogen and oxygen atoms in total. The summed E-state index contributed by atoms with van der Waals surface area (Å²) in [4.78, 5) is 30.1. The highest BCUT2D eigenvalue weighted by Gasteiger charge is 2.43. The quantitative estimate of drug-likeness (QED) is 0.589. The van der Waals surface area contributed by atoms with E-state index in [1.165, 1.54) is 0 Å². The third kappa shape index (κ3) is 4.86. The molecule has 9 heteroatoms. The predicted molar refractivity (Wildman–Crippen MR) is 123 cm³/mol. The second-order valence-electron chi connectivity index (χ2n) is 9.57. The molecule has 1 spiro atoms. The average molecular weight is 472 g/mol. The van der Waals surface area contributed by atoms with E-state index in [1.54, 1.807) is 18.2 Å². The third-order valence-electron chi connectivity index (χ3n) is 7.12. The fraction of sp³-hybridized carbons (Fsp3) is 0.583. The molecule has 1 aromatic heterocycles. The Morgan fingerprint density at radius 1 is 0.970 bits per heavy atom. The van der Waals surface area contributed by atoms with Crippen LogP contribution in [0.4, 0.5) is 0 Å². The Kier molecular flexibility index (Phi) is 6.27. The Hall–Kier alpha value is -2.61. The van der Waals surface area contributed by atoms with E-state index in [0.717, 1.165) is 63.9 Å². The molecular formula is C24H30ClN5O3. The normalized spacial score (nSPS) is 24.5. The maximum Gasteiger partial charge on any atom is 0.253 e. The number of hydrogen-bond donors (Lipinski definition) is 0. The number of carbonyl (C=O) groups excluding carboxylic acids is 2. The molecule has 2 aromatic rings. The summed E-state index contributed by atoms with van der Waals surface area (Å²) in [6.45, 7) is 4.11. The van der Waals surface area contributed by atoms with Crippen molar-refractivity contribution in [3.63, 3.8) is 0 Å². The molecular weight excluding hydrogens is 442 g/mol. The molecule has 176 valence electrons. The van der Waals surface area contributed by atoms with E-state index in [2.05, 4.69) is 10.3 Å². The Balaban J connectivity index is 1.36. The molecule has 7 bridgehead atoms. The number of aromatic nitrogens is 3. The number of carbonyl (C=O) groups is 2. The van der Waals surface area contributed by atoms with Crippen LogP contribution in [-0.2, 0) is 17.8 Å². The fourth-order valence-corrected chi connectivity index (χ4v) is 5.58. The minimum Gasteiger partial charge on any atom is -0.492 e. The monoisotopic (exact) mass is 471 g/mol. The largest absolute Gasteiger partial charge is 0.492 e. The van der Waals surface area contributed by atoms with Gasteiger partial charge in [0.25, 0.3) is 5.91 Å². The van der Waals surface area contributed by atoms with E-state index in [4.69, 9.17) is 16.3 Å². The third-order valence-corrected chi connectivity index (χ3v) is 7.41. The van der Waals surface area contributed by atoms with Crippen LogP contribution in [0.3, 0.4) is 0 Å². The predicted octanol–water partition coefficient (Wildman–Crippen LogP) is 3.19. The van der Waals surface area contributed by atoms with E-state index >= 15 is 0 Å². The van der Waals surface area contributed by atoms with Gasteiger partial charge < -0.3 is 14.5 Å². The van der Waals surface area contributed by atoms with Crippen molar-refractivity contribution in [1.29, 1.82) is 0 Å². The highest BCUT2D eigenvalue weighted by Crippen LogP contribution is 2.40. The summed E-state index contributed by atoms with van der Waals surface area (Å²) in [5.41, 5.74) is 1.49. The number of rotatable bonds is 0. The first-order chi connectivity index (χ1) is 16.0. The number of amides is 2. The lowest BCUT2D eigenvalue weighted by Crippen LogP contribution is -2.47. The summed E-state index contributed by atoms with van der Waals surface area (Å²) in [6, 6.07) is 5.28. The van der Waals surface area contributed by atoms with Crippen LogP contribution in [0.25, 0.3) is 0 Å².